The van der Waals surface area contributed by atoms with Crippen LogP contribution in [0.1, 0.15) is 25.7 Å². The predicted molar refractivity (Wildman–Crippen MR) is 73.6 cm³/mol. The Morgan fingerprint density at radius 1 is 1.29 bits per heavy atom. The standard InChI is InChI=1S/C12H16FN3O4S/c13-11-6-5-10(7-12(11)16(17)18)21(19,20)15-9-3-1-8(14)2-4-9/h5-9,15H,1-4,14H2. The fourth-order valence-corrected chi connectivity index (χ4v) is 3.65. The van der Waals surface area contributed by atoms with Gasteiger partial charge in [0, 0.05) is 18.2 Å². The van der Waals surface area contributed by atoms with Crippen molar-refractivity contribution in [2.75, 3.05) is 0 Å². The molecule has 0 aromatic heterocycles. The average molecular weight is 317 g/mol. The molecule has 21 heavy (non-hydrogen) atoms. The Balaban J connectivity index is 2.20. The molecule has 0 amide bonds. The number of rotatable bonds is 4. The molecule has 0 atom stereocenters. The normalized spacial score (nSPS) is 23.0. The number of nitro groups is 1. The Hall–Kier alpha value is -1.58. The van der Waals surface area contributed by atoms with Crippen molar-refractivity contribution in [1.29, 1.82) is 0 Å². The van der Waals surface area contributed by atoms with Gasteiger partial charge in [0.2, 0.25) is 15.8 Å². The second kappa shape index (κ2) is 6.04. The first kappa shape index (κ1) is 15.8. The van der Waals surface area contributed by atoms with Gasteiger partial charge in [0.15, 0.2) is 0 Å². The van der Waals surface area contributed by atoms with Crippen molar-refractivity contribution in [2.45, 2.75) is 42.7 Å². The molecular formula is C12H16FN3O4S. The summed E-state index contributed by atoms with van der Waals surface area (Å²) >= 11 is 0. The monoisotopic (exact) mass is 317 g/mol. The van der Waals surface area contributed by atoms with Gasteiger partial charge in [0.05, 0.1) is 9.82 Å². The van der Waals surface area contributed by atoms with E-state index in [0.29, 0.717) is 12.8 Å². The second-order valence-corrected chi connectivity index (χ2v) is 6.82. The SMILES string of the molecule is NC1CCC(NS(=O)(=O)c2ccc(F)c([N+](=O)[O-])c2)CC1. The average Bonchev–Trinajstić information content (AvgIpc) is 2.41. The maximum atomic E-state index is 13.2. The number of benzene rings is 1. The Bertz CT molecular complexity index is 642. The molecule has 116 valence electrons. The van der Waals surface area contributed by atoms with E-state index in [1.807, 2.05) is 0 Å². The Labute approximate surface area is 121 Å². The smallest absolute Gasteiger partial charge is 0.306 e. The number of sulfonamides is 1. The van der Waals surface area contributed by atoms with Crippen LogP contribution in [0.4, 0.5) is 10.1 Å². The molecule has 0 aliphatic heterocycles. The maximum absolute atomic E-state index is 13.2. The van der Waals surface area contributed by atoms with E-state index in [2.05, 4.69) is 4.72 Å². The summed E-state index contributed by atoms with van der Waals surface area (Å²) in [5.41, 5.74) is 4.89. The molecule has 1 aliphatic carbocycles. The van der Waals surface area contributed by atoms with Crippen molar-refractivity contribution >= 4 is 15.7 Å². The van der Waals surface area contributed by atoms with Crippen LogP contribution in [-0.2, 0) is 10.0 Å². The van der Waals surface area contributed by atoms with Crippen LogP contribution in [-0.4, -0.2) is 25.4 Å². The van der Waals surface area contributed by atoms with Gasteiger partial charge in [-0.3, -0.25) is 10.1 Å². The van der Waals surface area contributed by atoms with Gasteiger partial charge in [-0.15, -0.1) is 0 Å². The summed E-state index contributed by atoms with van der Waals surface area (Å²) in [5, 5.41) is 10.7. The highest BCUT2D eigenvalue weighted by Crippen LogP contribution is 2.23. The summed E-state index contributed by atoms with van der Waals surface area (Å²) in [4.78, 5) is 9.40. The number of hydrogen-bond acceptors (Lipinski definition) is 5. The molecule has 0 unspecified atom stereocenters. The van der Waals surface area contributed by atoms with Crippen molar-refractivity contribution in [3.05, 3.63) is 34.1 Å². The molecule has 0 saturated heterocycles. The summed E-state index contributed by atoms with van der Waals surface area (Å²) in [7, 11) is -3.91. The molecule has 1 aromatic rings. The van der Waals surface area contributed by atoms with Crippen LogP contribution in [0.3, 0.4) is 0 Å². The molecule has 2 rings (SSSR count). The first-order chi connectivity index (χ1) is 9.79. The third-order valence-corrected chi connectivity index (χ3v) is 5.04. The van der Waals surface area contributed by atoms with E-state index >= 15 is 0 Å². The van der Waals surface area contributed by atoms with E-state index < -0.39 is 26.5 Å². The van der Waals surface area contributed by atoms with E-state index in [1.165, 1.54) is 0 Å². The fourth-order valence-electron chi connectivity index (χ4n) is 2.32. The van der Waals surface area contributed by atoms with E-state index in [4.69, 9.17) is 5.73 Å². The number of nitrogens with zero attached hydrogens (tertiary/aromatic N) is 1. The molecule has 1 aromatic carbocycles. The van der Waals surface area contributed by atoms with E-state index in [9.17, 15) is 22.9 Å². The lowest BCUT2D eigenvalue weighted by Gasteiger charge is -2.26. The van der Waals surface area contributed by atoms with E-state index in [-0.39, 0.29) is 17.0 Å². The van der Waals surface area contributed by atoms with Crippen LogP contribution < -0.4 is 10.5 Å². The molecule has 0 heterocycles. The minimum Gasteiger partial charge on any atom is -0.328 e. The van der Waals surface area contributed by atoms with Crippen LogP contribution in [0, 0.1) is 15.9 Å². The van der Waals surface area contributed by atoms with Crippen LogP contribution >= 0.6 is 0 Å². The van der Waals surface area contributed by atoms with Crippen molar-refractivity contribution in [3.63, 3.8) is 0 Å². The lowest BCUT2D eigenvalue weighted by molar-refractivity contribution is -0.387. The van der Waals surface area contributed by atoms with Gasteiger partial charge in [-0.05, 0) is 37.8 Å². The van der Waals surface area contributed by atoms with Gasteiger partial charge in [-0.25, -0.2) is 13.1 Å². The minimum atomic E-state index is -3.91. The molecule has 7 nitrogen and oxygen atoms in total. The molecule has 1 saturated carbocycles. The van der Waals surface area contributed by atoms with Gasteiger partial charge in [-0.2, -0.15) is 4.39 Å². The zero-order valence-electron chi connectivity index (χ0n) is 11.2. The third-order valence-electron chi connectivity index (χ3n) is 3.52. The highest BCUT2D eigenvalue weighted by Gasteiger charge is 2.26. The summed E-state index contributed by atoms with van der Waals surface area (Å²) in [5.74, 6) is -1.07. The predicted octanol–water partition coefficient (Wildman–Crippen LogP) is 1.28. The zero-order chi connectivity index (χ0) is 15.6. The maximum Gasteiger partial charge on any atom is 0.306 e. The van der Waals surface area contributed by atoms with Gasteiger partial charge in [-0.1, -0.05) is 0 Å². The first-order valence-electron chi connectivity index (χ1n) is 6.51. The molecule has 0 spiro atoms. The number of nitrogens with one attached hydrogen (secondary N) is 1. The zero-order valence-corrected chi connectivity index (χ0v) is 12.0. The van der Waals surface area contributed by atoms with E-state index in [1.54, 1.807) is 0 Å². The largest absolute Gasteiger partial charge is 0.328 e. The number of nitrogens with two attached hydrogens (primary N) is 1. The topological polar surface area (TPSA) is 115 Å². The van der Waals surface area contributed by atoms with E-state index in [0.717, 1.165) is 31.0 Å². The van der Waals surface area contributed by atoms with Crippen LogP contribution in [0.15, 0.2) is 23.1 Å². The van der Waals surface area contributed by atoms with Crippen molar-refractivity contribution < 1.29 is 17.7 Å². The number of halogens is 1. The van der Waals surface area contributed by atoms with Gasteiger partial charge < -0.3 is 5.73 Å². The summed E-state index contributed by atoms with van der Waals surface area (Å²) in [6.07, 6.45) is 2.67. The first-order valence-corrected chi connectivity index (χ1v) is 8.00. The highest BCUT2D eigenvalue weighted by molar-refractivity contribution is 7.89. The lowest BCUT2D eigenvalue weighted by Crippen LogP contribution is -2.40. The molecular weight excluding hydrogens is 301 g/mol. The second-order valence-electron chi connectivity index (χ2n) is 5.10. The molecule has 0 bridgehead atoms. The third kappa shape index (κ3) is 3.74. The molecule has 1 aliphatic rings. The number of nitro benzene ring substituents is 1. The minimum absolute atomic E-state index is 0.0812. The van der Waals surface area contributed by atoms with Gasteiger partial charge >= 0.3 is 5.69 Å². The number of hydrogen-bond donors (Lipinski definition) is 2. The Morgan fingerprint density at radius 3 is 2.48 bits per heavy atom. The van der Waals surface area contributed by atoms with Crippen molar-refractivity contribution in [3.8, 4) is 0 Å². The summed E-state index contributed by atoms with van der Waals surface area (Å²) in [6.45, 7) is 0. The molecule has 0 radical (unpaired) electrons. The van der Waals surface area contributed by atoms with Crippen LogP contribution in [0.25, 0.3) is 0 Å². The van der Waals surface area contributed by atoms with Crippen LogP contribution in [0.2, 0.25) is 0 Å². The van der Waals surface area contributed by atoms with Gasteiger partial charge in [0.25, 0.3) is 0 Å². The Morgan fingerprint density at radius 2 is 1.90 bits per heavy atom. The summed E-state index contributed by atoms with van der Waals surface area (Å²) in [6, 6.07) is 2.35. The fraction of sp³-hybridized carbons (Fsp3) is 0.500. The lowest BCUT2D eigenvalue weighted by atomic mass is 9.93. The van der Waals surface area contributed by atoms with Gasteiger partial charge in [0.1, 0.15) is 0 Å². The molecule has 3 N–H and O–H groups in total. The van der Waals surface area contributed by atoms with Crippen molar-refractivity contribution in [1.82, 2.24) is 4.72 Å². The summed E-state index contributed by atoms with van der Waals surface area (Å²) < 4.78 is 40.1. The quantitative estimate of drug-likeness (QED) is 0.641. The Kier molecular flexibility index (Phi) is 4.55. The van der Waals surface area contributed by atoms with Crippen LogP contribution in [0.5, 0.6) is 0 Å². The van der Waals surface area contributed by atoms with Crippen molar-refractivity contribution in [2.24, 2.45) is 5.73 Å². The highest BCUT2D eigenvalue weighted by atomic mass is 32.2. The molecule has 9 heteroatoms. The molecule has 1 fully saturated rings.